The number of nitrogens with one attached hydrogen (secondary N) is 2. The average Bonchev–Trinajstić information content (AvgIpc) is 2.93. The van der Waals surface area contributed by atoms with Gasteiger partial charge in [-0.25, -0.2) is 0 Å². The van der Waals surface area contributed by atoms with Crippen LogP contribution in [0.3, 0.4) is 0 Å². The molecule has 27 heavy (non-hydrogen) atoms. The van der Waals surface area contributed by atoms with Crippen LogP contribution in [0.2, 0.25) is 0 Å². The average molecular weight is 371 g/mol. The van der Waals surface area contributed by atoms with Gasteiger partial charge in [0, 0.05) is 36.9 Å². The minimum atomic E-state index is -0.797. The molecule has 1 aliphatic carbocycles. The molecule has 2 N–H and O–H groups in total. The Morgan fingerprint density at radius 1 is 1.30 bits per heavy atom. The Morgan fingerprint density at radius 2 is 2.07 bits per heavy atom. The molecule has 1 saturated heterocycles. The number of fused-ring (bicyclic) bond motifs is 1. The van der Waals surface area contributed by atoms with Crippen molar-refractivity contribution >= 4 is 29.3 Å². The van der Waals surface area contributed by atoms with E-state index in [4.69, 9.17) is 4.74 Å². The number of ether oxygens (including phenoxy) is 1. The number of rotatable bonds is 4. The van der Waals surface area contributed by atoms with Gasteiger partial charge in [0.1, 0.15) is 11.6 Å². The normalized spacial score (nSPS) is 23.5. The molecule has 1 aromatic carbocycles. The molecule has 0 spiro atoms. The second-order valence-electron chi connectivity index (χ2n) is 7.24. The van der Waals surface area contributed by atoms with Crippen molar-refractivity contribution in [3.05, 3.63) is 29.3 Å². The van der Waals surface area contributed by atoms with Gasteiger partial charge in [0.05, 0.1) is 0 Å². The fourth-order valence-corrected chi connectivity index (χ4v) is 3.96. The number of amides is 4. The summed E-state index contributed by atoms with van der Waals surface area (Å²) in [5, 5.41) is 5.19. The molecule has 3 aliphatic rings. The first-order valence-electron chi connectivity index (χ1n) is 9.08. The van der Waals surface area contributed by atoms with Crippen LogP contribution in [-0.2, 0) is 25.7 Å². The van der Waals surface area contributed by atoms with Crippen LogP contribution in [0.4, 0.5) is 5.69 Å². The van der Waals surface area contributed by atoms with Crippen LogP contribution in [-0.4, -0.2) is 47.3 Å². The van der Waals surface area contributed by atoms with Crippen molar-refractivity contribution < 1.29 is 23.9 Å². The van der Waals surface area contributed by atoms with Crippen LogP contribution in [0.1, 0.15) is 48.0 Å². The van der Waals surface area contributed by atoms with E-state index in [9.17, 15) is 19.2 Å². The van der Waals surface area contributed by atoms with E-state index in [0.717, 1.165) is 6.42 Å². The Morgan fingerprint density at radius 3 is 2.70 bits per heavy atom. The molecule has 4 rings (SSSR count). The van der Waals surface area contributed by atoms with Gasteiger partial charge in [0.15, 0.2) is 0 Å². The van der Waals surface area contributed by atoms with Crippen molar-refractivity contribution in [2.75, 3.05) is 12.4 Å². The minimum absolute atomic E-state index is 0.205. The first-order chi connectivity index (χ1) is 12.9. The largest absolute Gasteiger partial charge is 0.368 e. The van der Waals surface area contributed by atoms with Gasteiger partial charge in [0.2, 0.25) is 11.8 Å². The SMILES string of the molecule is COC1(C(=O)Nc2cccc3c2CN(C2CCC(=O)NC2=O)C3=O)CCC1. The molecule has 2 heterocycles. The summed E-state index contributed by atoms with van der Waals surface area (Å²) in [6.07, 6.45) is 2.79. The Kier molecular flexibility index (Phi) is 4.22. The lowest BCUT2D eigenvalue weighted by atomic mass is 9.79. The molecule has 1 saturated carbocycles. The van der Waals surface area contributed by atoms with E-state index in [1.807, 2.05) is 0 Å². The summed E-state index contributed by atoms with van der Waals surface area (Å²) < 4.78 is 5.41. The first kappa shape index (κ1) is 17.7. The topological polar surface area (TPSA) is 105 Å². The number of piperidine rings is 1. The fraction of sp³-hybridized carbons (Fsp3) is 0.474. The Balaban J connectivity index is 1.57. The van der Waals surface area contributed by atoms with Crippen LogP contribution >= 0.6 is 0 Å². The van der Waals surface area contributed by atoms with Crippen molar-refractivity contribution in [2.45, 2.75) is 50.3 Å². The van der Waals surface area contributed by atoms with Gasteiger partial charge in [-0.15, -0.1) is 0 Å². The lowest BCUT2D eigenvalue weighted by molar-refractivity contribution is -0.148. The van der Waals surface area contributed by atoms with E-state index in [1.165, 1.54) is 12.0 Å². The molecule has 0 aromatic heterocycles. The summed E-state index contributed by atoms with van der Waals surface area (Å²) in [6, 6.07) is 4.47. The zero-order chi connectivity index (χ0) is 19.2. The Bertz CT molecular complexity index is 840. The lowest BCUT2D eigenvalue weighted by Crippen LogP contribution is -2.52. The zero-order valence-electron chi connectivity index (χ0n) is 15.0. The van der Waals surface area contributed by atoms with Gasteiger partial charge in [-0.05, 0) is 37.8 Å². The number of nitrogens with zero attached hydrogens (tertiary/aromatic N) is 1. The van der Waals surface area contributed by atoms with E-state index in [2.05, 4.69) is 10.6 Å². The number of carbonyl (C=O) groups is 4. The van der Waals surface area contributed by atoms with E-state index in [-0.39, 0.29) is 30.7 Å². The van der Waals surface area contributed by atoms with E-state index >= 15 is 0 Å². The van der Waals surface area contributed by atoms with Gasteiger partial charge in [-0.2, -0.15) is 0 Å². The highest BCUT2D eigenvalue weighted by molar-refractivity contribution is 6.07. The van der Waals surface area contributed by atoms with E-state index in [0.29, 0.717) is 36.1 Å². The number of benzene rings is 1. The highest BCUT2D eigenvalue weighted by Gasteiger charge is 2.45. The van der Waals surface area contributed by atoms with Crippen molar-refractivity contribution in [1.82, 2.24) is 10.2 Å². The molecular weight excluding hydrogens is 350 g/mol. The Hall–Kier alpha value is -2.74. The summed E-state index contributed by atoms with van der Waals surface area (Å²) >= 11 is 0. The van der Waals surface area contributed by atoms with Gasteiger partial charge < -0.3 is 15.0 Å². The smallest absolute Gasteiger partial charge is 0.256 e. The van der Waals surface area contributed by atoms with Crippen molar-refractivity contribution in [2.24, 2.45) is 0 Å². The number of carbonyl (C=O) groups excluding carboxylic acids is 4. The molecular formula is C19H21N3O5. The third-order valence-electron chi connectivity index (χ3n) is 5.80. The number of hydrogen-bond acceptors (Lipinski definition) is 5. The molecule has 0 bridgehead atoms. The number of methoxy groups -OCH3 is 1. The summed E-state index contributed by atoms with van der Waals surface area (Å²) in [7, 11) is 1.53. The van der Waals surface area contributed by atoms with Gasteiger partial charge >= 0.3 is 0 Å². The van der Waals surface area contributed by atoms with Crippen LogP contribution in [0.5, 0.6) is 0 Å². The zero-order valence-corrected chi connectivity index (χ0v) is 15.0. The quantitative estimate of drug-likeness (QED) is 0.767. The molecule has 4 amide bonds. The van der Waals surface area contributed by atoms with Crippen LogP contribution in [0.15, 0.2) is 18.2 Å². The molecule has 8 nitrogen and oxygen atoms in total. The van der Waals surface area contributed by atoms with Gasteiger partial charge in [-0.3, -0.25) is 24.5 Å². The second kappa shape index (κ2) is 6.45. The second-order valence-corrected chi connectivity index (χ2v) is 7.24. The molecule has 1 aromatic rings. The van der Waals surface area contributed by atoms with Gasteiger partial charge in [0.25, 0.3) is 11.8 Å². The van der Waals surface area contributed by atoms with E-state index in [1.54, 1.807) is 18.2 Å². The van der Waals surface area contributed by atoms with Gasteiger partial charge in [-0.1, -0.05) is 6.07 Å². The maximum absolute atomic E-state index is 12.8. The highest BCUT2D eigenvalue weighted by atomic mass is 16.5. The Labute approximate surface area is 156 Å². The predicted molar refractivity (Wildman–Crippen MR) is 94.7 cm³/mol. The van der Waals surface area contributed by atoms with Crippen molar-refractivity contribution in [1.29, 1.82) is 0 Å². The van der Waals surface area contributed by atoms with E-state index < -0.39 is 17.6 Å². The fourth-order valence-electron chi connectivity index (χ4n) is 3.96. The highest BCUT2D eigenvalue weighted by Crippen LogP contribution is 2.38. The monoisotopic (exact) mass is 371 g/mol. The third-order valence-corrected chi connectivity index (χ3v) is 5.80. The molecule has 2 aliphatic heterocycles. The molecule has 8 heteroatoms. The molecule has 1 unspecified atom stereocenters. The third kappa shape index (κ3) is 2.80. The summed E-state index contributed by atoms with van der Waals surface area (Å²) in [6.45, 7) is 0.219. The maximum Gasteiger partial charge on any atom is 0.256 e. The lowest BCUT2D eigenvalue weighted by Gasteiger charge is -2.38. The molecule has 142 valence electrons. The van der Waals surface area contributed by atoms with Crippen LogP contribution in [0, 0.1) is 0 Å². The standard InChI is InChI=1S/C19H21N3O5/c1-27-19(8-3-9-19)18(26)20-13-5-2-4-11-12(13)10-22(17(11)25)14-6-7-15(23)21-16(14)24/h2,4-5,14H,3,6-10H2,1H3,(H,20,26)(H,21,23,24). The van der Waals surface area contributed by atoms with Crippen molar-refractivity contribution in [3.8, 4) is 0 Å². The van der Waals surface area contributed by atoms with Crippen LogP contribution < -0.4 is 10.6 Å². The van der Waals surface area contributed by atoms with Crippen LogP contribution in [0.25, 0.3) is 0 Å². The summed E-state index contributed by atoms with van der Waals surface area (Å²) in [4.78, 5) is 50.5. The number of anilines is 1. The summed E-state index contributed by atoms with van der Waals surface area (Å²) in [5.74, 6) is -1.25. The van der Waals surface area contributed by atoms with Crippen molar-refractivity contribution in [3.63, 3.8) is 0 Å². The minimum Gasteiger partial charge on any atom is -0.368 e. The molecule has 2 fully saturated rings. The molecule has 0 radical (unpaired) electrons. The maximum atomic E-state index is 12.8. The summed E-state index contributed by atoms with van der Waals surface area (Å²) in [5.41, 5.74) is 0.918. The molecule has 1 atom stereocenters. The first-order valence-corrected chi connectivity index (χ1v) is 9.08. The number of imide groups is 1. The predicted octanol–water partition coefficient (Wildman–Crippen LogP) is 0.955. The number of hydrogen-bond donors (Lipinski definition) is 2.